The first-order valence-electron chi connectivity index (χ1n) is 7.36. The lowest BCUT2D eigenvalue weighted by Crippen LogP contribution is -2.37. The Kier molecular flexibility index (Phi) is 4.34. The highest BCUT2D eigenvalue weighted by Crippen LogP contribution is 2.24. The smallest absolute Gasteiger partial charge is 0.306 e. The molecule has 0 radical (unpaired) electrons. The summed E-state index contributed by atoms with van der Waals surface area (Å²) >= 11 is 0. The van der Waals surface area contributed by atoms with Gasteiger partial charge >= 0.3 is 5.97 Å². The summed E-state index contributed by atoms with van der Waals surface area (Å²) in [7, 11) is 0. The number of nitrogens with zero attached hydrogens (tertiary/aromatic N) is 3. The molecule has 116 valence electrons. The van der Waals surface area contributed by atoms with Gasteiger partial charge in [-0.3, -0.25) is 4.79 Å². The molecule has 2 rings (SSSR count). The van der Waals surface area contributed by atoms with Crippen LogP contribution in [0.2, 0.25) is 0 Å². The molecule has 0 bridgehead atoms. The number of hydrogen-bond donors (Lipinski definition) is 2. The Morgan fingerprint density at radius 3 is 2.48 bits per heavy atom. The first-order valence-corrected chi connectivity index (χ1v) is 7.36. The van der Waals surface area contributed by atoms with E-state index < -0.39 is 5.97 Å². The zero-order valence-electron chi connectivity index (χ0n) is 13.2. The number of aliphatic carboxylic acids is 1. The van der Waals surface area contributed by atoms with Crippen molar-refractivity contribution in [3.63, 3.8) is 0 Å². The minimum atomic E-state index is -0.691. The predicted octanol–water partition coefficient (Wildman–Crippen LogP) is 2.30. The Bertz CT molecular complexity index is 517. The van der Waals surface area contributed by atoms with Crippen LogP contribution in [0.3, 0.4) is 0 Å². The summed E-state index contributed by atoms with van der Waals surface area (Å²) in [6.07, 6.45) is 1.33. The van der Waals surface area contributed by atoms with Crippen molar-refractivity contribution < 1.29 is 9.90 Å². The van der Waals surface area contributed by atoms with Gasteiger partial charge < -0.3 is 15.3 Å². The monoisotopic (exact) mass is 292 g/mol. The van der Waals surface area contributed by atoms with Crippen LogP contribution in [-0.4, -0.2) is 39.7 Å². The van der Waals surface area contributed by atoms with Crippen LogP contribution in [0.4, 0.5) is 11.6 Å². The summed E-state index contributed by atoms with van der Waals surface area (Å²) in [5.74, 6) is 1.49. The van der Waals surface area contributed by atoms with E-state index in [2.05, 4.69) is 41.0 Å². The number of carboxylic acid groups (broad SMARTS) is 1. The quantitative estimate of drug-likeness (QED) is 0.890. The lowest BCUT2D eigenvalue weighted by Gasteiger charge is -2.31. The topological polar surface area (TPSA) is 78.4 Å². The van der Waals surface area contributed by atoms with Crippen molar-refractivity contribution in [2.75, 3.05) is 23.3 Å². The van der Waals surface area contributed by atoms with Gasteiger partial charge in [0.05, 0.1) is 5.92 Å². The van der Waals surface area contributed by atoms with E-state index in [0.29, 0.717) is 12.8 Å². The maximum atomic E-state index is 11.0. The summed E-state index contributed by atoms with van der Waals surface area (Å²) in [5, 5.41) is 12.4. The number of aryl methyl sites for hydroxylation is 1. The molecule has 0 aliphatic carbocycles. The van der Waals surface area contributed by atoms with Crippen LogP contribution in [0.5, 0.6) is 0 Å². The number of carboxylic acids is 1. The van der Waals surface area contributed by atoms with Gasteiger partial charge in [-0.15, -0.1) is 0 Å². The number of anilines is 2. The van der Waals surface area contributed by atoms with Crippen LogP contribution in [0.1, 0.15) is 39.4 Å². The average Bonchev–Trinajstić information content (AvgIpc) is 2.36. The van der Waals surface area contributed by atoms with Crippen molar-refractivity contribution in [3.8, 4) is 0 Å². The third-order valence-electron chi connectivity index (χ3n) is 3.50. The number of hydrogen-bond acceptors (Lipinski definition) is 5. The zero-order chi connectivity index (χ0) is 15.6. The number of nitrogens with one attached hydrogen (secondary N) is 1. The Labute approximate surface area is 125 Å². The Balaban J connectivity index is 2.12. The second-order valence-corrected chi connectivity index (χ2v) is 6.63. The van der Waals surface area contributed by atoms with E-state index in [9.17, 15) is 4.79 Å². The van der Waals surface area contributed by atoms with Crippen molar-refractivity contribution in [1.82, 2.24) is 9.97 Å². The Morgan fingerprint density at radius 1 is 1.33 bits per heavy atom. The lowest BCUT2D eigenvalue weighted by molar-refractivity contribution is -0.142. The molecule has 1 aliphatic rings. The minimum absolute atomic E-state index is 0.0611. The van der Waals surface area contributed by atoms with Crippen LogP contribution < -0.4 is 10.2 Å². The summed E-state index contributed by atoms with van der Waals surface area (Å²) in [6, 6.07) is 1.94. The maximum absolute atomic E-state index is 11.0. The van der Waals surface area contributed by atoms with Gasteiger partial charge in [0.25, 0.3) is 0 Å². The molecule has 0 amide bonds. The number of aromatic nitrogens is 2. The SMILES string of the molecule is Cc1nc(NC(C)(C)C)cc(N2CCC(C(=O)O)CC2)n1. The fourth-order valence-electron chi connectivity index (χ4n) is 2.52. The fourth-order valence-corrected chi connectivity index (χ4v) is 2.52. The molecule has 21 heavy (non-hydrogen) atoms. The lowest BCUT2D eigenvalue weighted by atomic mass is 9.97. The minimum Gasteiger partial charge on any atom is -0.481 e. The molecule has 1 fully saturated rings. The molecule has 0 spiro atoms. The molecule has 6 heteroatoms. The molecular formula is C15H24N4O2. The van der Waals surface area contributed by atoms with Gasteiger partial charge in [-0.25, -0.2) is 9.97 Å². The van der Waals surface area contributed by atoms with E-state index in [-0.39, 0.29) is 11.5 Å². The molecular weight excluding hydrogens is 268 g/mol. The number of piperidine rings is 1. The van der Waals surface area contributed by atoms with E-state index in [4.69, 9.17) is 5.11 Å². The summed E-state index contributed by atoms with van der Waals surface area (Å²) in [4.78, 5) is 22.0. The van der Waals surface area contributed by atoms with Gasteiger partial charge in [-0.05, 0) is 40.5 Å². The summed E-state index contributed by atoms with van der Waals surface area (Å²) in [6.45, 7) is 9.58. The van der Waals surface area contributed by atoms with Crippen molar-refractivity contribution in [1.29, 1.82) is 0 Å². The normalized spacial score (nSPS) is 16.9. The van der Waals surface area contributed by atoms with E-state index in [1.807, 2.05) is 13.0 Å². The molecule has 1 saturated heterocycles. The molecule has 2 N–H and O–H groups in total. The van der Waals surface area contributed by atoms with Gasteiger partial charge in [0.2, 0.25) is 0 Å². The van der Waals surface area contributed by atoms with Gasteiger partial charge in [0.15, 0.2) is 0 Å². The van der Waals surface area contributed by atoms with Crippen molar-refractivity contribution >= 4 is 17.6 Å². The summed E-state index contributed by atoms with van der Waals surface area (Å²) in [5.41, 5.74) is -0.0611. The Hall–Kier alpha value is -1.85. The van der Waals surface area contributed by atoms with E-state index in [1.54, 1.807) is 0 Å². The highest BCUT2D eigenvalue weighted by atomic mass is 16.4. The van der Waals surface area contributed by atoms with Crippen LogP contribution in [0, 0.1) is 12.8 Å². The van der Waals surface area contributed by atoms with E-state index in [0.717, 1.165) is 30.5 Å². The molecule has 1 aromatic heterocycles. The van der Waals surface area contributed by atoms with Crippen LogP contribution >= 0.6 is 0 Å². The van der Waals surface area contributed by atoms with E-state index in [1.165, 1.54) is 0 Å². The molecule has 6 nitrogen and oxygen atoms in total. The van der Waals surface area contributed by atoms with Crippen molar-refractivity contribution in [2.45, 2.75) is 46.1 Å². The number of rotatable bonds is 3. The van der Waals surface area contributed by atoms with Crippen LogP contribution in [0.15, 0.2) is 6.07 Å². The van der Waals surface area contributed by atoms with Crippen LogP contribution in [0.25, 0.3) is 0 Å². The largest absolute Gasteiger partial charge is 0.481 e. The first-order chi connectivity index (χ1) is 9.74. The zero-order valence-corrected chi connectivity index (χ0v) is 13.2. The molecule has 1 aromatic rings. The molecule has 0 saturated carbocycles. The predicted molar refractivity (Wildman–Crippen MR) is 82.7 cm³/mol. The number of carbonyl (C=O) groups is 1. The summed E-state index contributed by atoms with van der Waals surface area (Å²) < 4.78 is 0. The molecule has 0 atom stereocenters. The third kappa shape index (κ3) is 4.31. The van der Waals surface area contributed by atoms with Crippen LogP contribution in [-0.2, 0) is 4.79 Å². The van der Waals surface area contributed by atoms with E-state index >= 15 is 0 Å². The van der Waals surface area contributed by atoms with Gasteiger partial charge in [0.1, 0.15) is 17.5 Å². The second-order valence-electron chi connectivity index (χ2n) is 6.63. The van der Waals surface area contributed by atoms with Gasteiger partial charge in [0, 0.05) is 24.7 Å². The molecule has 0 aromatic carbocycles. The molecule has 0 unspecified atom stereocenters. The maximum Gasteiger partial charge on any atom is 0.306 e. The second kappa shape index (κ2) is 5.87. The first kappa shape index (κ1) is 15.5. The van der Waals surface area contributed by atoms with Gasteiger partial charge in [-0.2, -0.15) is 0 Å². The highest BCUT2D eigenvalue weighted by Gasteiger charge is 2.25. The fraction of sp³-hybridized carbons (Fsp3) is 0.667. The van der Waals surface area contributed by atoms with Gasteiger partial charge in [-0.1, -0.05) is 0 Å². The highest BCUT2D eigenvalue weighted by molar-refractivity contribution is 5.70. The molecule has 2 heterocycles. The van der Waals surface area contributed by atoms with Crippen molar-refractivity contribution in [3.05, 3.63) is 11.9 Å². The average molecular weight is 292 g/mol. The molecule has 1 aliphatic heterocycles. The van der Waals surface area contributed by atoms with Crippen molar-refractivity contribution in [2.24, 2.45) is 5.92 Å². The standard InChI is InChI=1S/C15H24N4O2/c1-10-16-12(18-15(2,3)4)9-13(17-10)19-7-5-11(6-8-19)14(20)21/h9,11H,5-8H2,1-4H3,(H,20,21)(H,16,17,18). The third-order valence-corrected chi connectivity index (χ3v) is 3.50. The Morgan fingerprint density at radius 2 is 1.95 bits per heavy atom.